The molecule has 3 fully saturated rings. The molecule has 2 heterocycles. The number of anilines is 1. The third-order valence-corrected chi connectivity index (χ3v) is 8.24. The van der Waals surface area contributed by atoms with E-state index in [1.54, 1.807) is 0 Å². The van der Waals surface area contributed by atoms with Crippen LogP contribution in [0, 0.1) is 19.8 Å². The molecule has 4 rings (SSSR count). The van der Waals surface area contributed by atoms with Gasteiger partial charge in [-0.15, -0.1) is 0 Å². The minimum absolute atomic E-state index is 0.0411. The van der Waals surface area contributed by atoms with Gasteiger partial charge in [0, 0.05) is 16.9 Å². The van der Waals surface area contributed by atoms with Gasteiger partial charge in [-0.2, -0.15) is 4.99 Å². The predicted octanol–water partition coefficient (Wildman–Crippen LogP) is 2.31. The Labute approximate surface area is 146 Å². The molecule has 1 aromatic carbocycles. The molecule has 128 valence electrons. The van der Waals surface area contributed by atoms with E-state index in [1.165, 1.54) is 11.8 Å². The lowest BCUT2D eigenvalue weighted by molar-refractivity contribution is -0.118. The Morgan fingerprint density at radius 3 is 2.71 bits per heavy atom. The number of thioether (sulfide) groups is 1. The van der Waals surface area contributed by atoms with Gasteiger partial charge in [-0.3, -0.25) is 4.79 Å². The lowest BCUT2D eigenvalue weighted by Gasteiger charge is -2.26. The Balaban J connectivity index is 1.77. The molecule has 1 aliphatic carbocycles. The number of fused-ring (bicyclic) bond motifs is 1. The Morgan fingerprint density at radius 1 is 1.25 bits per heavy atom. The van der Waals surface area contributed by atoms with E-state index in [-0.39, 0.29) is 34.6 Å². The van der Waals surface area contributed by atoms with Crippen LogP contribution >= 0.6 is 11.8 Å². The van der Waals surface area contributed by atoms with E-state index in [2.05, 4.69) is 4.99 Å². The highest BCUT2D eigenvalue weighted by atomic mass is 32.2. The van der Waals surface area contributed by atoms with Crippen LogP contribution in [0.2, 0.25) is 0 Å². The smallest absolute Gasteiger partial charge is 0.251 e. The van der Waals surface area contributed by atoms with Crippen molar-refractivity contribution in [1.29, 1.82) is 0 Å². The van der Waals surface area contributed by atoms with E-state index in [0.717, 1.165) is 29.7 Å². The number of sulfone groups is 1. The number of carbonyl (C=O) groups is 1. The summed E-state index contributed by atoms with van der Waals surface area (Å²) >= 11 is 1.45. The minimum Gasteiger partial charge on any atom is -0.315 e. The van der Waals surface area contributed by atoms with E-state index in [9.17, 15) is 13.2 Å². The van der Waals surface area contributed by atoms with Crippen molar-refractivity contribution < 1.29 is 13.2 Å². The molecule has 1 saturated carbocycles. The van der Waals surface area contributed by atoms with E-state index in [1.807, 2.05) is 36.9 Å². The number of benzene rings is 1. The van der Waals surface area contributed by atoms with Crippen LogP contribution < -0.4 is 4.90 Å². The summed E-state index contributed by atoms with van der Waals surface area (Å²) in [5.74, 6) is 0.313. The molecule has 24 heavy (non-hydrogen) atoms. The van der Waals surface area contributed by atoms with Gasteiger partial charge in [-0.1, -0.05) is 23.9 Å². The van der Waals surface area contributed by atoms with Crippen LogP contribution in [0.15, 0.2) is 23.2 Å². The summed E-state index contributed by atoms with van der Waals surface area (Å²) in [6, 6.07) is 5.87. The van der Waals surface area contributed by atoms with Crippen molar-refractivity contribution in [2.45, 2.75) is 38.0 Å². The molecule has 7 heteroatoms. The zero-order chi connectivity index (χ0) is 17.1. The molecule has 0 bridgehead atoms. The maximum Gasteiger partial charge on any atom is 0.251 e. The number of amides is 1. The van der Waals surface area contributed by atoms with Crippen LogP contribution in [0.1, 0.15) is 24.0 Å². The average Bonchev–Trinajstić information content (AvgIpc) is 3.24. The van der Waals surface area contributed by atoms with Crippen LogP contribution in [0.5, 0.6) is 0 Å². The van der Waals surface area contributed by atoms with Crippen molar-refractivity contribution in [3.63, 3.8) is 0 Å². The molecule has 2 atom stereocenters. The Bertz CT molecular complexity index is 843. The van der Waals surface area contributed by atoms with Crippen molar-refractivity contribution in [3.05, 3.63) is 29.3 Å². The zero-order valence-corrected chi connectivity index (χ0v) is 15.4. The molecule has 2 unspecified atom stereocenters. The second-order valence-electron chi connectivity index (χ2n) is 6.90. The fraction of sp³-hybridized carbons (Fsp3) is 0.529. The second kappa shape index (κ2) is 5.59. The van der Waals surface area contributed by atoms with Crippen molar-refractivity contribution in [2.24, 2.45) is 10.9 Å². The van der Waals surface area contributed by atoms with Gasteiger partial charge in [0.15, 0.2) is 15.0 Å². The monoisotopic (exact) mass is 364 g/mol. The summed E-state index contributed by atoms with van der Waals surface area (Å²) in [7, 11) is -3.03. The standard InChI is InChI=1S/C17H20N2O3S2/c1-10-4-3-5-13(11(10)2)19-14-8-24(21,22)9-15(14)23-17(19)18-16(20)12-6-7-12/h3-5,12,14-15H,6-9H2,1-2H3. The number of hydrogen-bond acceptors (Lipinski definition) is 4. The SMILES string of the molecule is Cc1cccc(N2C(=NC(=O)C3CC3)SC3CS(=O)(=O)CC32)c1C. The molecule has 1 aromatic rings. The van der Waals surface area contributed by atoms with Gasteiger partial charge in [0.1, 0.15) is 0 Å². The average molecular weight is 364 g/mol. The number of rotatable bonds is 2. The first-order valence-electron chi connectivity index (χ1n) is 8.21. The van der Waals surface area contributed by atoms with E-state index in [0.29, 0.717) is 5.17 Å². The first kappa shape index (κ1) is 16.1. The molecular formula is C17H20N2O3S2. The molecular weight excluding hydrogens is 344 g/mol. The number of nitrogens with zero attached hydrogens (tertiary/aromatic N) is 2. The second-order valence-corrected chi connectivity index (χ2v) is 10.3. The third-order valence-electron chi connectivity index (χ3n) is 5.03. The largest absolute Gasteiger partial charge is 0.315 e. The Hall–Kier alpha value is -1.34. The van der Waals surface area contributed by atoms with Gasteiger partial charge in [-0.25, -0.2) is 8.42 Å². The van der Waals surface area contributed by atoms with Crippen LogP contribution in [0.3, 0.4) is 0 Å². The molecule has 2 aliphatic heterocycles. The summed E-state index contributed by atoms with van der Waals surface area (Å²) in [5, 5.41) is 0.631. The molecule has 0 aromatic heterocycles. The number of aryl methyl sites for hydroxylation is 1. The van der Waals surface area contributed by atoms with E-state index >= 15 is 0 Å². The highest BCUT2D eigenvalue weighted by molar-refractivity contribution is 8.16. The number of carbonyl (C=O) groups excluding carboxylic acids is 1. The van der Waals surface area contributed by atoms with Crippen molar-refractivity contribution in [3.8, 4) is 0 Å². The topological polar surface area (TPSA) is 66.8 Å². The zero-order valence-electron chi connectivity index (χ0n) is 13.7. The van der Waals surface area contributed by atoms with Crippen molar-refractivity contribution >= 4 is 38.4 Å². The number of aliphatic imine (C=N–C) groups is 1. The highest BCUT2D eigenvalue weighted by Crippen LogP contribution is 2.43. The number of hydrogen-bond donors (Lipinski definition) is 0. The molecule has 3 aliphatic rings. The summed E-state index contributed by atoms with van der Waals surface area (Å²) < 4.78 is 24.1. The summed E-state index contributed by atoms with van der Waals surface area (Å²) in [5.41, 5.74) is 3.22. The maximum absolute atomic E-state index is 12.2. The molecule has 0 N–H and O–H groups in total. The van der Waals surface area contributed by atoms with Crippen LogP contribution in [-0.4, -0.2) is 42.3 Å². The third kappa shape index (κ3) is 2.77. The first-order chi connectivity index (χ1) is 11.4. The molecule has 0 spiro atoms. The highest BCUT2D eigenvalue weighted by Gasteiger charge is 2.50. The van der Waals surface area contributed by atoms with Crippen molar-refractivity contribution in [2.75, 3.05) is 16.4 Å². The van der Waals surface area contributed by atoms with E-state index in [4.69, 9.17) is 0 Å². The van der Waals surface area contributed by atoms with Gasteiger partial charge in [0.2, 0.25) is 0 Å². The minimum atomic E-state index is -3.03. The fourth-order valence-corrected chi connectivity index (χ4v) is 7.27. The van der Waals surface area contributed by atoms with Crippen LogP contribution in [0.4, 0.5) is 5.69 Å². The lowest BCUT2D eigenvalue weighted by atomic mass is 10.1. The van der Waals surface area contributed by atoms with Gasteiger partial charge in [0.05, 0.1) is 17.5 Å². The normalized spacial score (nSPS) is 29.9. The number of amidine groups is 1. The summed E-state index contributed by atoms with van der Waals surface area (Å²) in [6.45, 7) is 4.07. The van der Waals surface area contributed by atoms with Gasteiger partial charge in [-0.05, 0) is 43.9 Å². The quantitative estimate of drug-likeness (QED) is 0.806. The Kier molecular flexibility index (Phi) is 3.76. The van der Waals surface area contributed by atoms with E-state index < -0.39 is 9.84 Å². The molecule has 0 radical (unpaired) electrons. The maximum atomic E-state index is 12.2. The molecule has 1 amide bonds. The molecule has 5 nitrogen and oxygen atoms in total. The summed E-state index contributed by atoms with van der Waals surface area (Å²) in [4.78, 5) is 18.6. The lowest BCUT2D eigenvalue weighted by Crippen LogP contribution is -2.38. The van der Waals surface area contributed by atoms with Crippen LogP contribution in [-0.2, 0) is 14.6 Å². The Morgan fingerprint density at radius 2 is 2.00 bits per heavy atom. The summed E-state index contributed by atoms with van der Waals surface area (Å²) in [6.07, 6.45) is 1.84. The van der Waals surface area contributed by atoms with Crippen LogP contribution in [0.25, 0.3) is 0 Å². The fourth-order valence-electron chi connectivity index (χ4n) is 3.36. The predicted molar refractivity (Wildman–Crippen MR) is 97.4 cm³/mol. The first-order valence-corrected chi connectivity index (χ1v) is 10.9. The van der Waals surface area contributed by atoms with Crippen molar-refractivity contribution in [1.82, 2.24) is 0 Å². The molecule has 2 saturated heterocycles. The van der Waals surface area contributed by atoms with Gasteiger partial charge >= 0.3 is 0 Å². The van der Waals surface area contributed by atoms with Gasteiger partial charge in [0.25, 0.3) is 5.91 Å². The van der Waals surface area contributed by atoms with Gasteiger partial charge < -0.3 is 4.90 Å².